The summed E-state index contributed by atoms with van der Waals surface area (Å²) in [5.74, 6) is -1.10. The number of aliphatic carboxylic acids is 1. The molecule has 1 aromatic heterocycles. The van der Waals surface area contributed by atoms with Gasteiger partial charge in [-0.25, -0.2) is 9.18 Å². The molecule has 8 nitrogen and oxygen atoms in total. The van der Waals surface area contributed by atoms with Crippen molar-refractivity contribution in [2.75, 3.05) is 40.0 Å². The van der Waals surface area contributed by atoms with Crippen molar-refractivity contribution in [3.8, 4) is 5.75 Å². The van der Waals surface area contributed by atoms with Gasteiger partial charge in [0.1, 0.15) is 24.1 Å². The van der Waals surface area contributed by atoms with E-state index in [1.165, 1.54) is 24.1 Å². The monoisotopic (exact) mass is 541 g/mol. The first-order valence-corrected chi connectivity index (χ1v) is 14.0. The summed E-state index contributed by atoms with van der Waals surface area (Å²) in [7, 11) is 1.57. The molecule has 39 heavy (non-hydrogen) atoms. The molecule has 0 spiro atoms. The van der Waals surface area contributed by atoms with Crippen LogP contribution in [0.1, 0.15) is 65.8 Å². The molecule has 0 saturated carbocycles. The van der Waals surface area contributed by atoms with E-state index >= 15 is 4.39 Å². The molecule has 1 aromatic carbocycles. The molecule has 1 amide bonds. The summed E-state index contributed by atoms with van der Waals surface area (Å²) in [6, 6.07) is 9.70. The van der Waals surface area contributed by atoms with Crippen molar-refractivity contribution in [3.05, 3.63) is 58.9 Å². The number of hydrogen-bond acceptors (Lipinski definition) is 6. The van der Waals surface area contributed by atoms with Crippen LogP contribution in [0, 0.1) is 0 Å². The number of methoxy groups -OCH3 is 1. The topological polar surface area (TPSA) is 101 Å². The molecule has 9 heteroatoms. The van der Waals surface area contributed by atoms with Gasteiger partial charge in [0.15, 0.2) is 0 Å². The summed E-state index contributed by atoms with van der Waals surface area (Å²) >= 11 is 0. The Bertz CT molecular complexity index is 1130. The van der Waals surface area contributed by atoms with Crippen LogP contribution in [-0.4, -0.2) is 78.5 Å². The van der Waals surface area contributed by atoms with Gasteiger partial charge in [-0.1, -0.05) is 12.1 Å². The fourth-order valence-electron chi connectivity index (χ4n) is 5.47. The number of nitrogens with zero attached hydrogens (tertiary/aromatic N) is 2. The lowest BCUT2D eigenvalue weighted by molar-refractivity contribution is -0.139. The Morgan fingerprint density at radius 1 is 1.18 bits per heavy atom. The summed E-state index contributed by atoms with van der Waals surface area (Å²) in [5, 5.41) is 12.4. The molecule has 1 fully saturated rings. The molecule has 4 rings (SSSR count). The molecule has 0 radical (unpaired) electrons. The molecule has 2 heterocycles. The van der Waals surface area contributed by atoms with Crippen LogP contribution in [0.25, 0.3) is 0 Å². The highest BCUT2D eigenvalue weighted by atomic mass is 19.1. The molecule has 212 valence electrons. The number of ether oxygens (including phenoxy) is 2. The van der Waals surface area contributed by atoms with Crippen LogP contribution in [0.3, 0.4) is 0 Å². The Hall–Kier alpha value is -3.04. The summed E-state index contributed by atoms with van der Waals surface area (Å²) in [6.07, 6.45) is 6.86. The zero-order valence-corrected chi connectivity index (χ0v) is 22.8. The number of likely N-dealkylation sites (tertiary alicyclic amines) is 1. The van der Waals surface area contributed by atoms with E-state index in [2.05, 4.69) is 11.4 Å². The first-order chi connectivity index (χ1) is 18.8. The maximum Gasteiger partial charge on any atom is 0.326 e. The second kappa shape index (κ2) is 13.8. The number of amides is 1. The van der Waals surface area contributed by atoms with Crippen LogP contribution in [0.5, 0.6) is 5.75 Å². The van der Waals surface area contributed by atoms with E-state index in [1.807, 2.05) is 11.0 Å². The lowest BCUT2D eigenvalue weighted by Gasteiger charge is -2.38. The van der Waals surface area contributed by atoms with Gasteiger partial charge in [0, 0.05) is 37.2 Å². The molecule has 1 aliphatic heterocycles. The highest BCUT2D eigenvalue weighted by Gasteiger charge is 2.35. The lowest BCUT2D eigenvalue weighted by Crippen LogP contribution is -2.48. The van der Waals surface area contributed by atoms with Gasteiger partial charge in [0.25, 0.3) is 5.91 Å². The number of carboxylic acids is 1. The predicted molar refractivity (Wildman–Crippen MR) is 146 cm³/mol. The van der Waals surface area contributed by atoms with Crippen LogP contribution in [0.15, 0.2) is 36.4 Å². The summed E-state index contributed by atoms with van der Waals surface area (Å²) in [6.45, 7) is 2.12. The summed E-state index contributed by atoms with van der Waals surface area (Å²) in [4.78, 5) is 31.5. The van der Waals surface area contributed by atoms with Crippen LogP contribution in [0.4, 0.5) is 4.39 Å². The number of fused-ring (bicyclic) bond motifs is 1. The molecule has 1 aliphatic carbocycles. The molecule has 2 atom stereocenters. The quantitative estimate of drug-likeness (QED) is 0.370. The highest BCUT2D eigenvalue weighted by Crippen LogP contribution is 2.30. The number of hydrogen-bond donors (Lipinski definition) is 2. The van der Waals surface area contributed by atoms with E-state index < -0.39 is 23.6 Å². The third-order valence-electron chi connectivity index (χ3n) is 7.66. The Kier molecular flexibility index (Phi) is 10.3. The Morgan fingerprint density at radius 3 is 2.85 bits per heavy atom. The number of rotatable bonds is 13. The van der Waals surface area contributed by atoms with E-state index in [0.717, 1.165) is 18.5 Å². The molecule has 0 bridgehead atoms. The zero-order valence-electron chi connectivity index (χ0n) is 22.8. The Labute approximate surface area is 229 Å². The lowest BCUT2D eigenvalue weighted by atomic mass is 9.88. The fraction of sp³-hybridized carbons (Fsp3) is 0.567. The van der Waals surface area contributed by atoms with Gasteiger partial charge in [0.05, 0.1) is 6.61 Å². The molecular weight excluding hydrogens is 501 g/mol. The number of halogens is 1. The predicted octanol–water partition coefficient (Wildman–Crippen LogP) is 4.00. The van der Waals surface area contributed by atoms with Gasteiger partial charge < -0.3 is 24.8 Å². The Morgan fingerprint density at radius 2 is 2.03 bits per heavy atom. The van der Waals surface area contributed by atoms with Crippen LogP contribution >= 0.6 is 0 Å². The van der Waals surface area contributed by atoms with Crippen molar-refractivity contribution in [2.45, 2.75) is 69.5 Å². The number of nitrogens with one attached hydrogen (secondary N) is 1. The largest absolute Gasteiger partial charge is 0.491 e. The van der Waals surface area contributed by atoms with Crippen LogP contribution < -0.4 is 10.1 Å². The average molecular weight is 542 g/mol. The van der Waals surface area contributed by atoms with Gasteiger partial charge in [-0.2, -0.15) is 0 Å². The van der Waals surface area contributed by atoms with E-state index in [9.17, 15) is 14.7 Å². The minimum atomic E-state index is -1.33. The number of alkyl halides is 1. The van der Waals surface area contributed by atoms with Gasteiger partial charge in [0.2, 0.25) is 0 Å². The minimum Gasteiger partial charge on any atom is -0.491 e. The van der Waals surface area contributed by atoms with E-state index in [1.54, 1.807) is 31.4 Å². The van der Waals surface area contributed by atoms with Gasteiger partial charge in [-0.05, 0) is 94.2 Å². The maximum absolute atomic E-state index is 15.8. The normalized spacial score (nSPS) is 20.2. The molecule has 0 unspecified atom stereocenters. The number of benzene rings is 1. The van der Waals surface area contributed by atoms with Crippen molar-refractivity contribution in [2.24, 2.45) is 0 Å². The SMILES string of the molecule is COCCOc1cccc(C(=O)N[C@@H](CCN2CCC[C@@](F)(CCc3ccc4c(n3)CCCC4)C2)C(=O)O)c1. The number of piperidine rings is 1. The van der Waals surface area contributed by atoms with Crippen molar-refractivity contribution in [3.63, 3.8) is 0 Å². The van der Waals surface area contributed by atoms with Crippen molar-refractivity contribution in [1.29, 1.82) is 0 Å². The summed E-state index contributed by atoms with van der Waals surface area (Å²) < 4.78 is 26.3. The standard InChI is InChI=1S/C30H40FN3O5/c1-38-18-19-39-25-8-4-7-23(20-25)28(35)33-27(29(36)37)13-17-34-16-5-14-30(31,21-34)15-12-24-11-10-22-6-2-3-9-26(22)32-24/h4,7-8,10-11,20,27H,2-3,5-6,9,12-19,21H2,1H3,(H,33,35)(H,36,37)/t27-,30+/m0/s1. The molecule has 1 saturated heterocycles. The number of aromatic nitrogens is 1. The fourth-order valence-corrected chi connectivity index (χ4v) is 5.47. The van der Waals surface area contributed by atoms with E-state index in [4.69, 9.17) is 14.5 Å². The second-order valence-electron chi connectivity index (χ2n) is 10.7. The number of carboxylic acid groups (broad SMARTS) is 1. The van der Waals surface area contributed by atoms with E-state index in [-0.39, 0.29) is 13.0 Å². The number of carbonyl (C=O) groups is 2. The maximum atomic E-state index is 15.8. The zero-order chi connectivity index (χ0) is 27.7. The Balaban J connectivity index is 1.28. The first kappa shape index (κ1) is 29.0. The third kappa shape index (κ3) is 8.47. The smallest absolute Gasteiger partial charge is 0.326 e. The summed E-state index contributed by atoms with van der Waals surface area (Å²) in [5.41, 5.74) is 2.43. The van der Waals surface area contributed by atoms with Gasteiger partial charge in [-0.3, -0.25) is 9.78 Å². The van der Waals surface area contributed by atoms with Crippen molar-refractivity contribution >= 4 is 11.9 Å². The third-order valence-corrected chi connectivity index (χ3v) is 7.66. The number of pyridine rings is 1. The van der Waals surface area contributed by atoms with Crippen molar-refractivity contribution < 1.29 is 28.6 Å². The molecular formula is C30H40FN3O5. The molecule has 2 N–H and O–H groups in total. The van der Waals surface area contributed by atoms with Crippen LogP contribution in [0.2, 0.25) is 0 Å². The number of carbonyl (C=O) groups excluding carboxylic acids is 1. The average Bonchev–Trinajstić information content (AvgIpc) is 2.94. The van der Waals surface area contributed by atoms with Gasteiger partial charge >= 0.3 is 5.97 Å². The van der Waals surface area contributed by atoms with Gasteiger partial charge in [-0.15, -0.1) is 0 Å². The number of aryl methyl sites for hydroxylation is 3. The highest BCUT2D eigenvalue weighted by molar-refractivity contribution is 5.96. The van der Waals surface area contributed by atoms with E-state index in [0.29, 0.717) is 63.3 Å². The van der Waals surface area contributed by atoms with Crippen LogP contribution in [-0.2, 0) is 28.8 Å². The second-order valence-corrected chi connectivity index (χ2v) is 10.7. The molecule has 2 aliphatic rings. The van der Waals surface area contributed by atoms with Crippen molar-refractivity contribution in [1.82, 2.24) is 15.2 Å². The minimum absolute atomic E-state index is 0.188. The first-order valence-electron chi connectivity index (χ1n) is 14.0. The molecule has 2 aromatic rings.